The van der Waals surface area contributed by atoms with Crippen LogP contribution in [0.2, 0.25) is 0 Å². The van der Waals surface area contributed by atoms with Gasteiger partial charge in [0.1, 0.15) is 5.92 Å². The van der Waals surface area contributed by atoms with Crippen molar-refractivity contribution in [2.24, 2.45) is 0 Å². The summed E-state index contributed by atoms with van der Waals surface area (Å²) in [4.78, 5) is 14.1. The third-order valence-electron chi connectivity index (χ3n) is 4.14. The zero-order chi connectivity index (χ0) is 15.8. The molecule has 1 heterocycles. The summed E-state index contributed by atoms with van der Waals surface area (Å²) in [5.41, 5.74) is 3.82. The molecule has 0 amide bonds. The van der Waals surface area contributed by atoms with Crippen molar-refractivity contribution >= 4 is 17.7 Å². The summed E-state index contributed by atoms with van der Waals surface area (Å²) in [5.74, 6) is -1.43. The smallest absolute Gasteiger partial charge is 0.315 e. The standard InChI is InChI=1S/C20H14O2S/c21-20(22)19-15-9-4-5-11-16(15)23-17-12-6-10-14(18(17)19)13-7-2-1-3-8-13/h1-12,19H,(H,21,22). The summed E-state index contributed by atoms with van der Waals surface area (Å²) in [6.45, 7) is 0. The van der Waals surface area contributed by atoms with E-state index in [-0.39, 0.29) is 0 Å². The van der Waals surface area contributed by atoms with Crippen LogP contribution < -0.4 is 0 Å². The number of fused-ring (bicyclic) bond motifs is 2. The van der Waals surface area contributed by atoms with Crippen molar-refractivity contribution in [1.29, 1.82) is 0 Å². The molecule has 1 atom stereocenters. The van der Waals surface area contributed by atoms with Gasteiger partial charge in [-0.25, -0.2) is 0 Å². The molecule has 2 nitrogen and oxygen atoms in total. The molecule has 3 heteroatoms. The first kappa shape index (κ1) is 14.1. The molecule has 1 N–H and O–H groups in total. The van der Waals surface area contributed by atoms with Gasteiger partial charge in [-0.1, -0.05) is 72.4 Å². The zero-order valence-electron chi connectivity index (χ0n) is 12.3. The molecular formula is C20H14O2S. The van der Waals surface area contributed by atoms with Gasteiger partial charge in [0, 0.05) is 9.79 Å². The minimum absolute atomic E-state index is 0.626. The third-order valence-corrected chi connectivity index (χ3v) is 5.30. The maximum atomic E-state index is 12.1. The summed E-state index contributed by atoms with van der Waals surface area (Å²) in [6.07, 6.45) is 0. The van der Waals surface area contributed by atoms with Crippen LogP contribution in [0.3, 0.4) is 0 Å². The molecule has 0 fully saturated rings. The molecule has 1 aliphatic heterocycles. The number of carboxylic acid groups (broad SMARTS) is 1. The van der Waals surface area contributed by atoms with Gasteiger partial charge in [0.15, 0.2) is 0 Å². The normalized spacial score (nSPS) is 15.6. The second-order valence-electron chi connectivity index (χ2n) is 5.49. The molecule has 1 aliphatic rings. The van der Waals surface area contributed by atoms with Crippen LogP contribution in [0, 0.1) is 0 Å². The summed E-state index contributed by atoms with van der Waals surface area (Å²) in [6, 6.07) is 23.8. The molecule has 0 aromatic heterocycles. The SMILES string of the molecule is O=C(O)C1c2ccccc2Sc2cccc(-c3ccccc3)c21. The van der Waals surface area contributed by atoms with Crippen molar-refractivity contribution in [2.45, 2.75) is 15.7 Å². The fraction of sp³-hybridized carbons (Fsp3) is 0.0500. The van der Waals surface area contributed by atoms with Gasteiger partial charge in [-0.15, -0.1) is 0 Å². The van der Waals surface area contributed by atoms with Crippen LogP contribution in [0.4, 0.5) is 0 Å². The highest BCUT2D eigenvalue weighted by atomic mass is 32.2. The molecule has 4 rings (SSSR count). The molecule has 3 aromatic carbocycles. The van der Waals surface area contributed by atoms with E-state index in [1.165, 1.54) is 0 Å². The predicted molar refractivity (Wildman–Crippen MR) is 91.9 cm³/mol. The van der Waals surface area contributed by atoms with E-state index in [0.29, 0.717) is 0 Å². The molecule has 0 saturated carbocycles. The molecule has 0 spiro atoms. The number of rotatable bonds is 2. The van der Waals surface area contributed by atoms with E-state index in [0.717, 1.165) is 32.0 Å². The quantitative estimate of drug-likeness (QED) is 0.719. The van der Waals surface area contributed by atoms with E-state index < -0.39 is 11.9 Å². The Labute approximate surface area is 138 Å². The van der Waals surface area contributed by atoms with Crippen LogP contribution in [0.5, 0.6) is 0 Å². The number of hydrogen-bond donors (Lipinski definition) is 1. The molecule has 1 unspecified atom stereocenters. The summed E-state index contributed by atoms with van der Waals surface area (Å²) in [5, 5.41) is 9.89. The minimum Gasteiger partial charge on any atom is -0.481 e. The first-order valence-corrected chi connectivity index (χ1v) is 8.25. The average Bonchev–Trinajstić information content (AvgIpc) is 2.59. The first-order chi connectivity index (χ1) is 11.3. The minimum atomic E-state index is -0.803. The van der Waals surface area contributed by atoms with Gasteiger partial charge < -0.3 is 5.11 Å². The van der Waals surface area contributed by atoms with Crippen molar-refractivity contribution in [1.82, 2.24) is 0 Å². The second-order valence-corrected chi connectivity index (χ2v) is 6.58. The second kappa shape index (κ2) is 5.60. The molecule has 0 radical (unpaired) electrons. The van der Waals surface area contributed by atoms with Gasteiger partial charge in [0.2, 0.25) is 0 Å². The number of aliphatic carboxylic acids is 1. The van der Waals surface area contributed by atoms with Crippen molar-refractivity contribution in [3.63, 3.8) is 0 Å². The molecule has 23 heavy (non-hydrogen) atoms. The Morgan fingerprint density at radius 1 is 0.826 bits per heavy atom. The Balaban J connectivity index is 1.99. The van der Waals surface area contributed by atoms with Crippen LogP contribution in [0.15, 0.2) is 82.6 Å². The highest BCUT2D eigenvalue weighted by molar-refractivity contribution is 7.99. The van der Waals surface area contributed by atoms with Gasteiger partial charge in [0.05, 0.1) is 0 Å². The topological polar surface area (TPSA) is 37.3 Å². The van der Waals surface area contributed by atoms with Crippen LogP contribution >= 0.6 is 11.8 Å². The van der Waals surface area contributed by atoms with Gasteiger partial charge in [0.25, 0.3) is 0 Å². The Hall–Kier alpha value is -2.52. The fourth-order valence-corrected chi connectivity index (χ4v) is 4.31. The average molecular weight is 318 g/mol. The lowest BCUT2D eigenvalue weighted by atomic mass is 9.85. The predicted octanol–water partition coefficient (Wildman–Crippen LogP) is 5.03. The Bertz CT molecular complexity index is 887. The number of benzene rings is 3. The Kier molecular flexibility index (Phi) is 3.43. The van der Waals surface area contributed by atoms with Gasteiger partial charge >= 0.3 is 5.97 Å². The number of carbonyl (C=O) groups is 1. The monoisotopic (exact) mass is 318 g/mol. The van der Waals surface area contributed by atoms with E-state index >= 15 is 0 Å². The fourth-order valence-electron chi connectivity index (χ4n) is 3.14. The third kappa shape index (κ3) is 2.34. The molecule has 0 aliphatic carbocycles. The van der Waals surface area contributed by atoms with Crippen molar-refractivity contribution in [2.75, 3.05) is 0 Å². The summed E-state index contributed by atoms with van der Waals surface area (Å²) >= 11 is 1.65. The lowest BCUT2D eigenvalue weighted by molar-refractivity contribution is -0.137. The highest BCUT2D eigenvalue weighted by Crippen LogP contribution is 2.49. The van der Waals surface area contributed by atoms with E-state index in [1.54, 1.807) is 11.8 Å². The van der Waals surface area contributed by atoms with E-state index in [4.69, 9.17) is 0 Å². The van der Waals surface area contributed by atoms with Gasteiger partial charge in [-0.05, 0) is 34.4 Å². The zero-order valence-corrected chi connectivity index (χ0v) is 13.1. The Morgan fingerprint density at radius 3 is 2.30 bits per heavy atom. The van der Waals surface area contributed by atoms with Crippen molar-refractivity contribution in [3.05, 3.63) is 83.9 Å². The molecule has 0 saturated heterocycles. The van der Waals surface area contributed by atoms with E-state index in [2.05, 4.69) is 0 Å². The molecule has 0 bridgehead atoms. The van der Waals surface area contributed by atoms with Crippen LogP contribution in [0.25, 0.3) is 11.1 Å². The molecular weight excluding hydrogens is 304 g/mol. The molecule has 3 aromatic rings. The maximum Gasteiger partial charge on any atom is 0.315 e. The van der Waals surface area contributed by atoms with Crippen molar-refractivity contribution in [3.8, 4) is 11.1 Å². The van der Waals surface area contributed by atoms with Gasteiger partial charge in [-0.3, -0.25) is 4.79 Å². The van der Waals surface area contributed by atoms with Crippen LogP contribution in [-0.2, 0) is 4.79 Å². The van der Waals surface area contributed by atoms with Gasteiger partial charge in [-0.2, -0.15) is 0 Å². The highest BCUT2D eigenvalue weighted by Gasteiger charge is 2.33. The number of hydrogen-bond acceptors (Lipinski definition) is 2. The molecule has 112 valence electrons. The van der Waals surface area contributed by atoms with E-state index in [9.17, 15) is 9.90 Å². The van der Waals surface area contributed by atoms with Crippen molar-refractivity contribution < 1.29 is 9.90 Å². The maximum absolute atomic E-state index is 12.1. The van der Waals surface area contributed by atoms with E-state index in [1.807, 2.05) is 72.8 Å². The lowest BCUT2D eigenvalue weighted by Crippen LogP contribution is -2.18. The first-order valence-electron chi connectivity index (χ1n) is 7.43. The summed E-state index contributed by atoms with van der Waals surface area (Å²) < 4.78 is 0. The largest absolute Gasteiger partial charge is 0.481 e. The Morgan fingerprint density at radius 2 is 1.52 bits per heavy atom. The summed E-state index contributed by atoms with van der Waals surface area (Å²) in [7, 11) is 0. The number of carboxylic acids is 1. The van der Waals surface area contributed by atoms with Crippen LogP contribution in [-0.4, -0.2) is 11.1 Å². The lowest BCUT2D eigenvalue weighted by Gasteiger charge is -2.27. The van der Waals surface area contributed by atoms with Crippen LogP contribution in [0.1, 0.15) is 17.0 Å².